The van der Waals surface area contributed by atoms with Gasteiger partial charge in [-0.1, -0.05) is 17.7 Å². The zero-order valence-electron chi connectivity index (χ0n) is 11.0. The van der Waals surface area contributed by atoms with Crippen molar-refractivity contribution < 1.29 is 9.53 Å². The summed E-state index contributed by atoms with van der Waals surface area (Å²) in [6.07, 6.45) is 0.912. The monoisotopic (exact) mass is 232 g/mol. The summed E-state index contributed by atoms with van der Waals surface area (Å²) in [5.41, 5.74) is 4.29. The summed E-state index contributed by atoms with van der Waals surface area (Å²) in [7, 11) is 0. The minimum absolute atomic E-state index is 0.0371. The van der Waals surface area contributed by atoms with E-state index in [4.69, 9.17) is 4.74 Å². The van der Waals surface area contributed by atoms with E-state index in [0.717, 1.165) is 23.1 Å². The van der Waals surface area contributed by atoms with Crippen LogP contribution in [0.25, 0.3) is 0 Å². The van der Waals surface area contributed by atoms with Crippen molar-refractivity contribution >= 4 is 5.78 Å². The molecule has 1 saturated heterocycles. The van der Waals surface area contributed by atoms with Gasteiger partial charge in [0.05, 0.1) is 12.0 Å². The summed E-state index contributed by atoms with van der Waals surface area (Å²) in [5.74, 6) is 0.292. The molecule has 0 spiro atoms. The average Bonchev–Trinajstić information content (AvgIpc) is 2.62. The van der Waals surface area contributed by atoms with Crippen molar-refractivity contribution in [2.75, 3.05) is 6.61 Å². The van der Waals surface area contributed by atoms with Crippen molar-refractivity contribution in [2.24, 2.45) is 5.92 Å². The van der Waals surface area contributed by atoms with Crippen LogP contribution in [0.15, 0.2) is 12.1 Å². The second kappa shape index (κ2) is 4.61. The smallest absolute Gasteiger partial charge is 0.169 e. The molecule has 2 atom stereocenters. The number of ketones is 1. The van der Waals surface area contributed by atoms with Gasteiger partial charge < -0.3 is 4.74 Å². The molecule has 0 bridgehead atoms. The highest BCUT2D eigenvalue weighted by Crippen LogP contribution is 2.28. The molecule has 0 amide bonds. The predicted molar refractivity (Wildman–Crippen MR) is 68.5 cm³/mol. The Labute approximate surface area is 103 Å². The molecule has 1 aromatic carbocycles. The van der Waals surface area contributed by atoms with Crippen molar-refractivity contribution in [2.45, 2.75) is 40.2 Å². The van der Waals surface area contributed by atoms with Crippen molar-refractivity contribution in [1.82, 2.24) is 0 Å². The molecule has 17 heavy (non-hydrogen) atoms. The Morgan fingerprint density at radius 2 is 1.82 bits per heavy atom. The van der Waals surface area contributed by atoms with E-state index in [1.807, 2.05) is 20.8 Å². The minimum atomic E-state index is 0.0371. The molecule has 0 N–H and O–H groups in total. The van der Waals surface area contributed by atoms with Crippen LogP contribution in [0.1, 0.15) is 40.4 Å². The Morgan fingerprint density at radius 3 is 2.29 bits per heavy atom. The quantitative estimate of drug-likeness (QED) is 0.732. The van der Waals surface area contributed by atoms with Crippen molar-refractivity contribution in [3.63, 3.8) is 0 Å². The highest BCUT2D eigenvalue weighted by Gasteiger charge is 2.32. The molecule has 2 rings (SSSR count). The summed E-state index contributed by atoms with van der Waals surface area (Å²) >= 11 is 0. The summed E-state index contributed by atoms with van der Waals surface area (Å²) in [6, 6.07) is 4.17. The SMILES string of the molecule is Cc1cc(C)c(C(=O)C2CCOC2C)c(C)c1. The van der Waals surface area contributed by atoms with Gasteiger partial charge in [-0.15, -0.1) is 0 Å². The van der Waals surface area contributed by atoms with Crippen molar-refractivity contribution in [3.05, 3.63) is 34.4 Å². The molecule has 1 fully saturated rings. The summed E-state index contributed by atoms with van der Waals surface area (Å²) in [5, 5.41) is 0. The summed E-state index contributed by atoms with van der Waals surface area (Å²) in [4.78, 5) is 12.5. The second-order valence-corrected chi connectivity index (χ2v) is 5.11. The van der Waals surface area contributed by atoms with Gasteiger partial charge >= 0.3 is 0 Å². The van der Waals surface area contributed by atoms with E-state index in [-0.39, 0.29) is 17.8 Å². The Bertz CT molecular complexity index is 425. The normalized spacial score (nSPS) is 24.0. The van der Waals surface area contributed by atoms with E-state index in [1.165, 1.54) is 5.56 Å². The number of carbonyl (C=O) groups excluding carboxylic acids is 1. The fourth-order valence-electron chi connectivity index (χ4n) is 2.83. The van der Waals surface area contributed by atoms with E-state index in [2.05, 4.69) is 19.1 Å². The molecule has 1 aliphatic rings. The van der Waals surface area contributed by atoms with Gasteiger partial charge in [0.2, 0.25) is 0 Å². The fraction of sp³-hybridized carbons (Fsp3) is 0.533. The molecular formula is C15H20O2. The van der Waals surface area contributed by atoms with Gasteiger partial charge in [-0.2, -0.15) is 0 Å². The highest BCUT2D eigenvalue weighted by molar-refractivity contribution is 6.01. The molecule has 0 saturated carbocycles. The molecule has 1 aliphatic heterocycles. The van der Waals surface area contributed by atoms with E-state index >= 15 is 0 Å². The first-order chi connectivity index (χ1) is 8.00. The fourth-order valence-corrected chi connectivity index (χ4v) is 2.83. The molecule has 0 radical (unpaired) electrons. The lowest BCUT2D eigenvalue weighted by Crippen LogP contribution is -2.23. The number of hydrogen-bond acceptors (Lipinski definition) is 2. The van der Waals surface area contributed by atoms with E-state index < -0.39 is 0 Å². The Hall–Kier alpha value is -1.15. The number of Topliss-reactive ketones (excluding diaryl/α,β-unsaturated/α-hetero) is 1. The number of aryl methyl sites for hydroxylation is 3. The molecule has 0 aliphatic carbocycles. The van der Waals surface area contributed by atoms with Gasteiger partial charge in [0.25, 0.3) is 0 Å². The van der Waals surface area contributed by atoms with Gasteiger partial charge in [-0.25, -0.2) is 0 Å². The lowest BCUT2D eigenvalue weighted by molar-refractivity contribution is 0.0763. The standard InChI is InChI=1S/C15H20O2/c1-9-7-10(2)14(11(3)8-9)15(16)13-5-6-17-12(13)4/h7-8,12-13H,5-6H2,1-4H3. The second-order valence-electron chi connectivity index (χ2n) is 5.11. The van der Waals surface area contributed by atoms with Crippen molar-refractivity contribution in [1.29, 1.82) is 0 Å². The van der Waals surface area contributed by atoms with E-state index in [9.17, 15) is 4.79 Å². The Balaban J connectivity index is 2.37. The maximum absolute atomic E-state index is 12.5. The molecule has 2 heteroatoms. The maximum atomic E-state index is 12.5. The maximum Gasteiger partial charge on any atom is 0.169 e. The lowest BCUT2D eigenvalue weighted by Gasteiger charge is -2.16. The van der Waals surface area contributed by atoms with Crippen LogP contribution in [0.2, 0.25) is 0 Å². The van der Waals surface area contributed by atoms with Crippen LogP contribution in [0.4, 0.5) is 0 Å². The molecule has 1 aromatic rings. The first-order valence-electron chi connectivity index (χ1n) is 6.24. The number of ether oxygens (including phenoxy) is 1. The van der Waals surface area contributed by atoms with Crippen molar-refractivity contribution in [3.8, 4) is 0 Å². The van der Waals surface area contributed by atoms with E-state index in [0.29, 0.717) is 6.61 Å². The highest BCUT2D eigenvalue weighted by atomic mass is 16.5. The third-order valence-electron chi connectivity index (χ3n) is 3.64. The van der Waals surface area contributed by atoms with Crippen LogP contribution >= 0.6 is 0 Å². The molecule has 2 unspecified atom stereocenters. The van der Waals surface area contributed by atoms with Crippen LogP contribution in [-0.2, 0) is 4.74 Å². The van der Waals surface area contributed by atoms with Gasteiger partial charge in [-0.05, 0) is 45.2 Å². The third kappa shape index (κ3) is 2.27. The van der Waals surface area contributed by atoms with Gasteiger partial charge in [0.1, 0.15) is 0 Å². The van der Waals surface area contributed by atoms with Crippen LogP contribution in [0.5, 0.6) is 0 Å². The molecule has 92 valence electrons. The van der Waals surface area contributed by atoms with Crippen LogP contribution in [-0.4, -0.2) is 18.5 Å². The number of carbonyl (C=O) groups is 1. The average molecular weight is 232 g/mol. The largest absolute Gasteiger partial charge is 0.378 e. The number of rotatable bonds is 2. The summed E-state index contributed by atoms with van der Waals surface area (Å²) < 4.78 is 5.49. The Morgan fingerprint density at radius 1 is 1.24 bits per heavy atom. The topological polar surface area (TPSA) is 26.3 Å². The zero-order chi connectivity index (χ0) is 12.6. The minimum Gasteiger partial charge on any atom is -0.378 e. The molecular weight excluding hydrogens is 212 g/mol. The van der Waals surface area contributed by atoms with Gasteiger partial charge in [-0.3, -0.25) is 4.79 Å². The van der Waals surface area contributed by atoms with Gasteiger partial charge in [0, 0.05) is 12.2 Å². The third-order valence-corrected chi connectivity index (χ3v) is 3.64. The van der Waals surface area contributed by atoms with Gasteiger partial charge in [0.15, 0.2) is 5.78 Å². The summed E-state index contributed by atoms with van der Waals surface area (Å²) in [6.45, 7) is 8.81. The Kier molecular flexibility index (Phi) is 3.34. The molecule has 0 aromatic heterocycles. The van der Waals surface area contributed by atoms with E-state index in [1.54, 1.807) is 0 Å². The van der Waals surface area contributed by atoms with Crippen LogP contribution in [0.3, 0.4) is 0 Å². The first-order valence-corrected chi connectivity index (χ1v) is 6.24. The van der Waals surface area contributed by atoms with Crippen LogP contribution < -0.4 is 0 Å². The van der Waals surface area contributed by atoms with Crippen LogP contribution in [0, 0.1) is 26.7 Å². The predicted octanol–water partition coefficient (Wildman–Crippen LogP) is 3.22. The number of benzene rings is 1. The number of hydrogen-bond donors (Lipinski definition) is 0. The first kappa shape index (κ1) is 12.3. The lowest BCUT2D eigenvalue weighted by atomic mass is 9.87. The zero-order valence-corrected chi connectivity index (χ0v) is 11.0. The molecule has 2 nitrogen and oxygen atoms in total. The molecule has 1 heterocycles.